The summed E-state index contributed by atoms with van der Waals surface area (Å²) in [7, 11) is -3.16. The van der Waals surface area contributed by atoms with Gasteiger partial charge in [-0.2, -0.15) is 4.31 Å². The van der Waals surface area contributed by atoms with E-state index in [1.165, 1.54) is 0 Å². The highest BCUT2D eigenvalue weighted by Crippen LogP contribution is 2.33. The zero-order valence-electron chi connectivity index (χ0n) is 10.8. The monoisotopic (exact) mass is 268 g/mol. The molecule has 0 spiro atoms. The first kappa shape index (κ1) is 13.4. The fourth-order valence-corrected chi connectivity index (χ4v) is 3.99. The van der Waals surface area contributed by atoms with Crippen molar-refractivity contribution in [1.29, 1.82) is 0 Å². The van der Waals surface area contributed by atoms with Crippen LogP contribution < -0.4 is 5.73 Å². The van der Waals surface area contributed by atoms with Gasteiger partial charge in [-0.25, -0.2) is 8.42 Å². The molecular weight excluding hydrogens is 248 g/mol. The molecule has 100 valence electrons. The van der Waals surface area contributed by atoms with Crippen LogP contribution in [0, 0.1) is 0 Å². The van der Waals surface area contributed by atoms with E-state index in [4.69, 9.17) is 5.73 Å². The highest BCUT2D eigenvalue weighted by atomic mass is 32.2. The first-order chi connectivity index (χ1) is 8.43. The molecule has 2 N–H and O–H groups in total. The Hall–Kier alpha value is -1.07. The SMILES string of the molecule is CC(C)N(Cc1ccccc1N)S(=O)(=O)C1CC1. The number of hydrogen-bond donors (Lipinski definition) is 1. The standard InChI is InChI=1S/C13H20N2O2S/c1-10(2)15(18(16,17)12-7-8-12)9-11-5-3-4-6-13(11)14/h3-6,10,12H,7-9,14H2,1-2H3. The van der Waals surface area contributed by atoms with Crippen LogP contribution >= 0.6 is 0 Å². The molecule has 1 aliphatic carbocycles. The number of para-hydroxylation sites is 1. The number of nitrogens with zero attached hydrogens (tertiary/aromatic N) is 1. The van der Waals surface area contributed by atoms with E-state index in [9.17, 15) is 8.42 Å². The normalized spacial score (nSPS) is 16.4. The molecule has 1 saturated carbocycles. The van der Waals surface area contributed by atoms with E-state index in [0.717, 1.165) is 18.4 Å². The van der Waals surface area contributed by atoms with Gasteiger partial charge in [0.25, 0.3) is 0 Å². The Labute approximate surface area is 109 Å². The summed E-state index contributed by atoms with van der Waals surface area (Å²) in [6, 6.07) is 7.38. The van der Waals surface area contributed by atoms with Crippen molar-refractivity contribution in [1.82, 2.24) is 4.31 Å². The summed E-state index contributed by atoms with van der Waals surface area (Å²) in [5.41, 5.74) is 7.40. The molecule has 0 unspecified atom stereocenters. The van der Waals surface area contributed by atoms with Crippen molar-refractivity contribution in [3.63, 3.8) is 0 Å². The Kier molecular flexibility index (Phi) is 3.64. The van der Waals surface area contributed by atoms with E-state index in [-0.39, 0.29) is 11.3 Å². The zero-order valence-corrected chi connectivity index (χ0v) is 11.7. The number of nitrogen functional groups attached to an aromatic ring is 1. The molecule has 0 aromatic heterocycles. The van der Waals surface area contributed by atoms with E-state index >= 15 is 0 Å². The van der Waals surface area contributed by atoms with E-state index in [0.29, 0.717) is 12.2 Å². The van der Waals surface area contributed by atoms with Crippen molar-refractivity contribution in [3.8, 4) is 0 Å². The average molecular weight is 268 g/mol. The summed E-state index contributed by atoms with van der Waals surface area (Å²) in [6.45, 7) is 4.17. The number of anilines is 1. The van der Waals surface area contributed by atoms with Gasteiger partial charge in [0.15, 0.2) is 0 Å². The second kappa shape index (κ2) is 4.90. The van der Waals surface area contributed by atoms with Crippen LogP contribution in [0.3, 0.4) is 0 Å². The highest BCUT2D eigenvalue weighted by molar-refractivity contribution is 7.90. The molecular formula is C13H20N2O2S. The van der Waals surface area contributed by atoms with Crippen molar-refractivity contribution in [2.45, 2.75) is 44.5 Å². The molecule has 1 aliphatic rings. The van der Waals surface area contributed by atoms with Crippen molar-refractivity contribution >= 4 is 15.7 Å². The van der Waals surface area contributed by atoms with Gasteiger partial charge in [0, 0.05) is 18.3 Å². The molecule has 0 saturated heterocycles. The summed E-state index contributed by atoms with van der Waals surface area (Å²) in [4.78, 5) is 0. The van der Waals surface area contributed by atoms with Crippen LogP contribution in [0.2, 0.25) is 0 Å². The second-order valence-corrected chi connectivity index (χ2v) is 7.25. The first-order valence-corrected chi connectivity index (χ1v) is 7.77. The summed E-state index contributed by atoms with van der Waals surface area (Å²) in [5.74, 6) is 0. The zero-order chi connectivity index (χ0) is 13.3. The van der Waals surface area contributed by atoms with Crippen LogP contribution in [0.15, 0.2) is 24.3 Å². The number of sulfonamides is 1. The maximum atomic E-state index is 12.3. The van der Waals surface area contributed by atoms with Gasteiger partial charge in [0.2, 0.25) is 10.0 Å². The predicted octanol–water partition coefficient (Wildman–Crippen LogP) is 1.97. The minimum absolute atomic E-state index is 0.0461. The van der Waals surface area contributed by atoms with Gasteiger partial charge in [-0.1, -0.05) is 18.2 Å². The Morgan fingerprint density at radius 2 is 1.94 bits per heavy atom. The molecule has 0 radical (unpaired) electrons. The van der Waals surface area contributed by atoms with Gasteiger partial charge in [-0.3, -0.25) is 0 Å². The van der Waals surface area contributed by atoms with Crippen LogP contribution in [0.25, 0.3) is 0 Å². The molecule has 4 nitrogen and oxygen atoms in total. The fraction of sp³-hybridized carbons (Fsp3) is 0.538. The van der Waals surface area contributed by atoms with Crippen LogP contribution in [0.1, 0.15) is 32.3 Å². The van der Waals surface area contributed by atoms with E-state index < -0.39 is 10.0 Å². The summed E-state index contributed by atoms with van der Waals surface area (Å²) >= 11 is 0. The third-order valence-corrected chi connectivity index (χ3v) is 5.75. The molecule has 0 aliphatic heterocycles. The molecule has 1 aromatic rings. The topological polar surface area (TPSA) is 63.4 Å². The lowest BCUT2D eigenvalue weighted by molar-refractivity contribution is 0.348. The molecule has 5 heteroatoms. The molecule has 0 bridgehead atoms. The molecule has 1 fully saturated rings. The van der Waals surface area contributed by atoms with E-state index in [1.54, 1.807) is 10.4 Å². The molecule has 0 atom stereocenters. The van der Waals surface area contributed by atoms with Crippen LogP contribution in [0.5, 0.6) is 0 Å². The number of hydrogen-bond acceptors (Lipinski definition) is 3. The van der Waals surface area contributed by atoms with Gasteiger partial charge < -0.3 is 5.73 Å². The Morgan fingerprint density at radius 3 is 2.44 bits per heavy atom. The summed E-state index contributed by atoms with van der Waals surface area (Å²) in [6.07, 6.45) is 1.58. The van der Waals surface area contributed by atoms with Crippen molar-refractivity contribution < 1.29 is 8.42 Å². The van der Waals surface area contributed by atoms with Gasteiger partial charge in [0.05, 0.1) is 5.25 Å². The van der Waals surface area contributed by atoms with Gasteiger partial charge in [-0.15, -0.1) is 0 Å². The van der Waals surface area contributed by atoms with Crippen molar-refractivity contribution in [2.24, 2.45) is 0 Å². The predicted molar refractivity (Wildman–Crippen MR) is 73.5 cm³/mol. The molecule has 2 rings (SSSR count). The van der Waals surface area contributed by atoms with Gasteiger partial charge >= 0.3 is 0 Å². The maximum absolute atomic E-state index is 12.3. The highest BCUT2D eigenvalue weighted by Gasteiger charge is 2.41. The molecule has 0 heterocycles. The third kappa shape index (κ3) is 2.67. The third-order valence-electron chi connectivity index (χ3n) is 3.23. The number of nitrogens with two attached hydrogens (primary N) is 1. The fourth-order valence-electron chi connectivity index (χ4n) is 1.97. The molecule has 18 heavy (non-hydrogen) atoms. The second-order valence-electron chi connectivity index (χ2n) is 5.08. The van der Waals surface area contributed by atoms with Crippen molar-refractivity contribution in [2.75, 3.05) is 5.73 Å². The Balaban J connectivity index is 2.25. The Morgan fingerprint density at radius 1 is 1.33 bits per heavy atom. The van der Waals surface area contributed by atoms with Gasteiger partial charge in [0.1, 0.15) is 0 Å². The van der Waals surface area contributed by atoms with E-state index in [1.807, 2.05) is 32.0 Å². The average Bonchev–Trinajstić information content (AvgIpc) is 3.11. The molecule has 1 aromatic carbocycles. The lowest BCUT2D eigenvalue weighted by Crippen LogP contribution is -2.38. The minimum atomic E-state index is -3.16. The summed E-state index contributed by atoms with van der Waals surface area (Å²) < 4.78 is 26.2. The number of benzene rings is 1. The molecule has 0 amide bonds. The maximum Gasteiger partial charge on any atom is 0.217 e. The van der Waals surface area contributed by atoms with Crippen molar-refractivity contribution in [3.05, 3.63) is 29.8 Å². The van der Waals surface area contributed by atoms with Gasteiger partial charge in [-0.05, 0) is 38.3 Å². The minimum Gasteiger partial charge on any atom is -0.398 e. The first-order valence-electron chi connectivity index (χ1n) is 6.27. The Bertz CT molecular complexity index is 522. The largest absolute Gasteiger partial charge is 0.398 e. The van der Waals surface area contributed by atoms with Crippen LogP contribution in [-0.2, 0) is 16.6 Å². The lowest BCUT2D eigenvalue weighted by atomic mass is 10.2. The number of rotatable bonds is 5. The summed E-state index contributed by atoms with van der Waals surface area (Å²) in [5, 5.41) is -0.176. The van der Waals surface area contributed by atoms with E-state index in [2.05, 4.69) is 0 Å². The van der Waals surface area contributed by atoms with Crippen LogP contribution in [-0.4, -0.2) is 24.0 Å². The lowest BCUT2D eigenvalue weighted by Gasteiger charge is -2.26. The van der Waals surface area contributed by atoms with Crippen LogP contribution in [0.4, 0.5) is 5.69 Å². The quantitative estimate of drug-likeness (QED) is 0.830. The smallest absolute Gasteiger partial charge is 0.217 e.